The maximum absolute atomic E-state index is 10.1. The molecule has 0 saturated heterocycles. The maximum atomic E-state index is 10.1. The number of phosphoric acid groups is 1. The fraction of sp³-hybridized carbons (Fsp3) is 0.833. The summed E-state index contributed by atoms with van der Waals surface area (Å²) < 4.78 is 8.88. The van der Waals surface area contributed by atoms with Crippen molar-refractivity contribution in [2.45, 2.75) is 25.3 Å². The molecular weight excluding hydrogens is 276 g/mol. The third-order valence-corrected chi connectivity index (χ3v) is 1.29. The van der Waals surface area contributed by atoms with Crippen molar-refractivity contribution in [1.29, 1.82) is 0 Å². The number of carboxylic acids is 1. The molecular formula is C6H17Mg2N2O6P+4. The van der Waals surface area contributed by atoms with Crippen LogP contribution in [-0.4, -0.2) is 84.4 Å². The molecule has 0 aliphatic carbocycles. The molecule has 0 fully saturated rings. The molecule has 0 bridgehead atoms. The van der Waals surface area contributed by atoms with E-state index >= 15 is 0 Å². The molecule has 0 aromatic carbocycles. The smallest absolute Gasteiger partial charge is 0.480 e. The first-order valence-electron chi connectivity index (χ1n) is 4.15. The molecule has 0 spiro atoms. The van der Waals surface area contributed by atoms with E-state index in [4.69, 9.17) is 35.8 Å². The molecule has 1 unspecified atom stereocenters. The largest absolute Gasteiger partial charge is 2.00 e. The Labute approximate surface area is 132 Å². The van der Waals surface area contributed by atoms with Crippen LogP contribution in [0.2, 0.25) is 0 Å². The molecule has 8 N–H and O–H groups in total. The number of hydrogen-bond acceptors (Lipinski definition) is 4. The van der Waals surface area contributed by atoms with Crippen LogP contribution in [0.5, 0.6) is 0 Å². The zero-order valence-corrected chi connectivity index (χ0v) is 13.3. The van der Waals surface area contributed by atoms with Gasteiger partial charge in [0.05, 0.1) is 0 Å². The van der Waals surface area contributed by atoms with Crippen LogP contribution in [0.3, 0.4) is 0 Å². The van der Waals surface area contributed by atoms with Gasteiger partial charge in [-0.3, -0.25) is 4.79 Å². The van der Waals surface area contributed by atoms with Crippen LogP contribution in [0.25, 0.3) is 0 Å². The van der Waals surface area contributed by atoms with Gasteiger partial charge in [-0.1, -0.05) is 6.42 Å². The van der Waals surface area contributed by atoms with Crippen LogP contribution in [-0.2, 0) is 9.36 Å². The molecule has 0 amide bonds. The second-order valence-electron chi connectivity index (χ2n) is 2.74. The molecule has 0 aromatic rings. The summed E-state index contributed by atoms with van der Waals surface area (Å²) in [6.45, 7) is 0.604. The number of carboxylic acid groups (broad SMARTS) is 1. The van der Waals surface area contributed by atoms with Crippen LogP contribution in [0.4, 0.5) is 0 Å². The van der Waals surface area contributed by atoms with Gasteiger partial charge in [-0.05, 0) is 19.4 Å². The standard InChI is InChI=1S/C6H14N2O2.2Mg.H3O4P/c7-4-2-1-3-5(8)6(9)10;;;1-5(2,3)4/h5H,1-4,7-8H2,(H,9,10);;;(H3,1,2,3,4)/q;2*+2;. The van der Waals surface area contributed by atoms with Gasteiger partial charge < -0.3 is 31.3 Å². The van der Waals surface area contributed by atoms with Gasteiger partial charge in [0, 0.05) is 0 Å². The van der Waals surface area contributed by atoms with Gasteiger partial charge in [0.1, 0.15) is 6.04 Å². The van der Waals surface area contributed by atoms with Gasteiger partial charge >= 0.3 is 59.9 Å². The average molecular weight is 293 g/mol. The van der Waals surface area contributed by atoms with Crippen LogP contribution in [0.15, 0.2) is 0 Å². The number of hydrogen-bond donors (Lipinski definition) is 6. The zero-order valence-electron chi connectivity index (χ0n) is 9.53. The normalized spacial score (nSPS) is 11.1. The molecule has 11 heteroatoms. The first-order chi connectivity index (χ1) is 6.68. The van der Waals surface area contributed by atoms with Gasteiger partial charge in [0.15, 0.2) is 0 Å². The van der Waals surface area contributed by atoms with E-state index in [1.165, 1.54) is 0 Å². The number of unbranched alkanes of at least 4 members (excludes halogenated alkanes) is 1. The van der Waals surface area contributed by atoms with Crippen LogP contribution in [0.1, 0.15) is 19.3 Å². The molecule has 8 nitrogen and oxygen atoms in total. The molecule has 0 saturated carbocycles. The van der Waals surface area contributed by atoms with Gasteiger partial charge in [-0.25, -0.2) is 4.57 Å². The summed E-state index contributed by atoms with van der Waals surface area (Å²) in [5.41, 5.74) is 10.4. The van der Waals surface area contributed by atoms with E-state index in [1.54, 1.807) is 0 Å². The minimum absolute atomic E-state index is 0. The van der Waals surface area contributed by atoms with Gasteiger partial charge in [-0.15, -0.1) is 0 Å². The topological polar surface area (TPSA) is 167 Å². The van der Waals surface area contributed by atoms with Crippen molar-refractivity contribution in [3.8, 4) is 0 Å². The Morgan fingerprint density at radius 2 is 1.53 bits per heavy atom. The summed E-state index contributed by atoms with van der Waals surface area (Å²) in [5, 5.41) is 8.33. The Hall–Kier alpha value is 1.03. The summed E-state index contributed by atoms with van der Waals surface area (Å²) >= 11 is 0. The van der Waals surface area contributed by atoms with E-state index in [2.05, 4.69) is 0 Å². The van der Waals surface area contributed by atoms with Crippen molar-refractivity contribution in [3.63, 3.8) is 0 Å². The van der Waals surface area contributed by atoms with Crippen molar-refractivity contribution in [3.05, 3.63) is 0 Å². The van der Waals surface area contributed by atoms with Gasteiger partial charge in [-0.2, -0.15) is 0 Å². The molecule has 0 aliphatic heterocycles. The minimum atomic E-state index is -4.64. The zero-order chi connectivity index (χ0) is 12.5. The Balaban J connectivity index is -0.000000105. The van der Waals surface area contributed by atoms with Crippen LogP contribution < -0.4 is 11.5 Å². The van der Waals surface area contributed by atoms with Crippen molar-refractivity contribution >= 4 is 59.9 Å². The fourth-order valence-electron chi connectivity index (χ4n) is 0.632. The second-order valence-corrected chi connectivity index (χ2v) is 3.77. The molecule has 0 radical (unpaired) electrons. The quantitative estimate of drug-likeness (QED) is 0.189. The third-order valence-electron chi connectivity index (χ3n) is 1.29. The first kappa shape index (κ1) is 26.6. The first-order valence-corrected chi connectivity index (χ1v) is 5.71. The molecule has 0 aromatic heterocycles. The third kappa shape index (κ3) is 38.2. The number of carbonyl (C=O) groups is 1. The van der Waals surface area contributed by atoms with E-state index in [0.29, 0.717) is 13.0 Å². The Kier molecular flexibility index (Phi) is 23.6. The number of rotatable bonds is 5. The van der Waals surface area contributed by atoms with Crippen LogP contribution in [0, 0.1) is 0 Å². The van der Waals surface area contributed by atoms with Crippen molar-refractivity contribution in [2.24, 2.45) is 11.5 Å². The summed E-state index contributed by atoms with van der Waals surface area (Å²) in [6.07, 6.45) is 2.16. The molecule has 1 atom stereocenters. The average Bonchev–Trinajstić information content (AvgIpc) is 2.01. The molecule has 0 rings (SSSR count). The van der Waals surface area contributed by atoms with E-state index in [0.717, 1.165) is 12.8 Å². The predicted octanol–water partition coefficient (Wildman–Crippen LogP) is -2.16. The van der Waals surface area contributed by atoms with Gasteiger partial charge in [0.25, 0.3) is 0 Å². The SMILES string of the molecule is NCCCCC(N)C(=O)O.O=P(O)(O)O.[Mg+2].[Mg+2]. The minimum Gasteiger partial charge on any atom is -0.480 e. The fourth-order valence-corrected chi connectivity index (χ4v) is 0.632. The Morgan fingerprint density at radius 3 is 1.76 bits per heavy atom. The molecule has 0 aliphatic rings. The summed E-state index contributed by atoms with van der Waals surface area (Å²) in [6, 6.07) is -0.716. The maximum Gasteiger partial charge on any atom is 2.00 e. The van der Waals surface area contributed by atoms with Gasteiger partial charge in [0.2, 0.25) is 0 Å². The molecule has 0 heterocycles. The van der Waals surface area contributed by atoms with E-state index in [9.17, 15) is 4.79 Å². The second kappa shape index (κ2) is 15.1. The Morgan fingerprint density at radius 1 is 1.18 bits per heavy atom. The Bertz CT molecular complexity index is 218. The summed E-state index contributed by atoms with van der Waals surface area (Å²) in [7, 11) is -4.64. The summed E-state index contributed by atoms with van der Waals surface area (Å²) in [4.78, 5) is 31.7. The molecule has 17 heavy (non-hydrogen) atoms. The van der Waals surface area contributed by atoms with Crippen LogP contribution >= 0.6 is 7.82 Å². The van der Waals surface area contributed by atoms with E-state index < -0.39 is 19.8 Å². The molecule has 92 valence electrons. The number of nitrogens with two attached hydrogens (primary N) is 2. The monoisotopic (exact) mass is 292 g/mol. The van der Waals surface area contributed by atoms with Crippen molar-refractivity contribution < 1.29 is 29.1 Å². The number of aliphatic carboxylic acids is 1. The predicted molar refractivity (Wildman–Crippen MR) is 64.3 cm³/mol. The summed E-state index contributed by atoms with van der Waals surface area (Å²) in [5.74, 6) is -0.933. The van der Waals surface area contributed by atoms with E-state index in [-0.39, 0.29) is 46.1 Å². The van der Waals surface area contributed by atoms with Crippen molar-refractivity contribution in [2.75, 3.05) is 6.54 Å². The van der Waals surface area contributed by atoms with E-state index in [1.807, 2.05) is 0 Å². The van der Waals surface area contributed by atoms with Crippen molar-refractivity contribution in [1.82, 2.24) is 0 Å².